The summed E-state index contributed by atoms with van der Waals surface area (Å²) in [4.78, 5) is 33.4. The minimum atomic E-state index is -0.419. The first kappa shape index (κ1) is 24.4. The summed E-state index contributed by atoms with van der Waals surface area (Å²) >= 11 is 0. The van der Waals surface area contributed by atoms with E-state index >= 15 is 0 Å². The van der Waals surface area contributed by atoms with Crippen LogP contribution in [-0.2, 0) is 11.3 Å². The minimum Gasteiger partial charge on any atom is -0.497 e. The third kappa shape index (κ3) is 6.65. The Morgan fingerprint density at radius 1 is 0.971 bits per heavy atom. The van der Waals surface area contributed by atoms with Crippen molar-refractivity contribution in [3.05, 3.63) is 89.7 Å². The van der Waals surface area contributed by atoms with Crippen molar-refractivity contribution in [2.75, 3.05) is 38.6 Å². The molecule has 3 N–H and O–H groups in total. The summed E-state index contributed by atoms with van der Waals surface area (Å²) in [5.41, 5.74) is 9.59. The van der Waals surface area contributed by atoms with Crippen LogP contribution in [0.4, 0.5) is 5.69 Å². The van der Waals surface area contributed by atoms with Crippen molar-refractivity contribution in [2.24, 2.45) is 5.73 Å². The Bertz CT molecular complexity index is 1110. The zero-order valence-electron chi connectivity index (χ0n) is 19.9. The van der Waals surface area contributed by atoms with Crippen molar-refractivity contribution in [1.29, 1.82) is 0 Å². The van der Waals surface area contributed by atoms with E-state index < -0.39 is 6.04 Å². The van der Waals surface area contributed by atoms with Crippen molar-refractivity contribution in [3.8, 4) is 5.75 Å². The van der Waals surface area contributed by atoms with Crippen LogP contribution in [0, 0.1) is 0 Å². The fraction of sp³-hybridized carbons (Fsp3) is 0.296. The van der Waals surface area contributed by atoms with Crippen LogP contribution in [0.25, 0.3) is 0 Å². The maximum atomic E-state index is 12.8. The predicted octanol–water partition coefficient (Wildman–Crippen LogP) is 3.08. The van der Waals surface area contributed by atoms with Crippen LogP contribution < -0.4 is 15.8 Å². The van der Waals surface area contributed by atoms with Gasteiger partial charge >= 0.3 is 0 Å². The molecule has 1 fully saturated rings. The highest BCUT2D eigenvalue weighted by Crippen LogP contribution is 2.19. The first-order valence-electron chi connectivity index (χ1n) is 11.7. The molecule has 182 valence electrons. The lowest BCUT2D eigenvalue weighted by Gasteiger charge is -2.35. The van der Waals surface area contributed by atoms with Gasteiger partial charge in [0.15, 0.2) is 0 Å². The Labute approximate surface area is 205 Å². The average Bonchev–Trinajstić information content (AvgIpc) is 2.90. The number of methoxy groups -OCH3 is 1. The fourth-order valence-corrected chi connectivity index (χ4v) is 4.10. The van der Waals surface area contributed by atoms with Gasteiger partial charge in [0.1, 0.15) is 5.75 Å². The van der Waals surface area contributed by atoms with E-state index in [0.717, 1.165) is 30.9 Å². The summed E-state index contributed by atoms with van der Waals surface area (Å²) in [6.07, 6.45) is 3.48. The molecule has 4 rings (SSSR count). The van der Waals surface area contributed by atoms with E-state index in [2.05, 4.69) is 27.3 Å². The number of benzene rings is 2. The Kier molecular flexibility index (Phi) is 8.07. The standard InChI is InChI=1S/C27H31N5O3/c1-35-24-8-2-20(3-9-24)19-31-14-16-32(17-15-31)26(33)18-25(28)21-4-6-22(7-5-21)27(34)30-23-10-12-29-13-11-23/h2-13,25H,14-19,28H2,1H3,(H,29,30,34). The molecule has 35 heavy (non-hydrogen) atoms. The maximum Gasteiger partial charge on any atom is 0.255 e. The van der Waals surface area contributed by atoms with Crippen molar-refractivity contribution in [2.45, 2.75) is 19.0 Å². The molecule has 0 saturated carbocycles. The second-order valence-corrected chi connectivity index (χ2v) is 8.63. The molecule has 2 aromatic carbocycles. The number of rotatable bonds is 8. The van der Waals surface area contributed by atoms with Gasteiger partial charge in [-0.3, -0.25) is 19.5 Å². The Hall–Kier alpha value is -3.75. The number of ether oxygens (including phenoxy) is 1. The molecule has 8 nitrogen and oxygen atoms in total. The summed E-state index contributed by atoms with van der Waals surface area (Å²) in [6, 6.07) is 18.2. The topological polar surface area (TPSA) is 101 Å². The molecule has 1 aliphatic heterocycles. The lowest BCUT2D eigenvalue weighted by molar-refractivity contribution is -0.133. The third-order valence-corrected chi connectivity index (χ3v) is 6.22. The van der Waals surface area contributed by atoms with Crippen molar-refractivity contribution in [1.82, 2.24) is 14.8 Å². The summed E-state index contributed by atoms with van der Waals surface area (Å²) in [5.74, 6) is 0.698. The molecule has 1 aliphatic rings. The predicted molar refractivity (Wildman–Crippen MR) is 135 cm³/mol. The first-order valence-corrected chi connectivity index (χ1v) is 11.7. The van der Waals surface area contributed by atoms with Gasteiger partial charge in [0.05, 0.1) is 7.11 Å². The molecule has 2 heterocycles. The molecular formula is C27H31N5O3. The SMILES string of the molecule is COc1ccc(CN2CCN(C(=O)CC(N)c3ccc(C(=O)Nc4ccncc4)cc3)CC2)cc1. The van der Waals surface area contributed by atoms with Crippen molar-refractivity contribution >= 4 is 17.5 Å². The molecule has 2 amide bonds. The van der Waals surface area contributed by atoms with Crippen molar-refractivity contribution < 1.29 is 14.3 Å². The highest BCUT2D eigenvalue weighted by atomic mass is 16.5. The second kappa shape index (κ2) is 11.6. The molecule has 0 spiro atoms. The Morgan fingerprint density at radius 3 is 2.26 bits per heavy atom. The van der Waals surface area contributed by atoms with E-state index in [4.69, 9.17) is 10.5 Å². The van der Waals surface area contributed by atoms with Crippen LogP contribution in [0.5, 0.6) is 5.75 Å². The Balaban J connectivity index is 1.24. The maximum absolute atomic E-state index is 12.8. The molecule has 0 radical (unpaired) electrons. The van der Waals surface area contributed by atoms with E-state index in [-0.39, 0.29) is 18.2 Å². The summed E-state index contributed by atoms with van der Waals surface area (Å²) in [5, 5.41) is 2.83. The molecule has 1 unspecified atom stereocenters. The van der Waals surface area contributed by atoms with Crippen molar-refractivity contribution in [3.63, 3.8) is 0 Å². The normalized spacial score (nSPS) is 14.9. The van der Waals surface area contributed by atoms with E-state index in [1.54, 1.807) is 43.8 Å². The monoisotopic (exact) mass is 473 g/mol. The number of nitrogens with one attached hydrogen (secondary N) is 1. The van der Waals surface area contributed by atoms with Gasteiger partial charge in [-0.25, -0.2) is 0 Å². The largest absolute Gasteiger partial charge is 0.497 e. The van der Waals surface area contributed by atoms with Crippen LogP contribution in [0.2, 0.25) is 0 Å². The third-order valence-electron chi connectivity index (χ3n) is 6.22. The summed E-state index contributed by atoms with van der Waals surface area (Å²) in [6.45, 7) is 3.89. The highest BCUT2D eigenvalue weighted by molar-refractivity contribution is 6.04. The number of hydrogen-bond acceptors (Lipinski definition) is 6. The van der Waals surface area contributed by atoms with Crippen LogP contribution in [0.15, 0.2) is 73.1 Å². The molecule has 0 bridgehead atoms. The number of carbonyl (C=O) groups is 2. The highest BCUT2D eigenvalue weighted by Gasteiger charge is 2.23. The molecular weight excluding hydrogens is 442 g/mol. The number of piperazine rings is 1. The van der Waals surface area contributed by atoms with Gasteiger partial charge in [-0.2, -0.15) is 0 Å². The smallest absolute Gasteiger partial charge is 0.255 e. The summed E-state index contributed by atoms with van der Waals surface area (Å²) < 4.78 is 5.21. The zero-order chi connectivity index (χ0) is 24.6. The number of nitrogens with zero attached hydrogens (tertiary/aromatic N) is 3. The van der Waals surface area contributed by atoms with Gasteiger partial charge in [0.2, 0.25) is 5.91 Å². The second-order valence-electron chi connectivity index (χ2n) is 8.63. The number of aromatic nitrogens is 1. The molecule has 3 aromatic rings. The van der Waals surface area contributed by atoms with Crippen LogP contribution in [0.1, 0.15) is 33.9 Å². The number of amides is 2. The van der Waals surface area contributed by atoms with Gasteiger partial charge in [-0.05, 0) is 47.5 Å². The molecule has 1 aromatic heterocycles. The van der Waals surface area contributed by atoms with E-state index in [0.29, 0.717) is 24.3 Å². The molecule has 8 heteroatoms. The molecule has 1 saturated heterocycles. The first-order chi connectivity index (χ1) is 17.0. The van der Waals surface area contributed by atoms with Gasteiger partial charge < -0.3 is 20.7 Å². The quantitative estimate of drug-likeness (QED) is 0.522. The number of nitrogens with two attached hydrogens (primary N) is 1. The molecule has 1 atom stereocenters. The lowest BCUT2D eigenvalue weighted by Crippen LogP contribution is -2.48. The Morgan fingerprint density at radius 2 is 1.63 bits per heavy atom. The minimum absolute atomic E-state index is 0.0566. The van der Waals surface area contributed by atoms with E-state index in [9.17, 15) is 9.59 Å². The number of anilines is 1. The number of pyridine rings is 1. The van der Waals surface area contributed by atoms with Gasteiger partial charge in [-0.15, -0.1) is 0 Å². The lowest BCUT2D eigenvalue weighted by atomic mass is 10.0. The van der Waals surface area contributed by atoms with Gasteiger partial charge in [0, 0.05) is 68.8 Å². The van der Waals surface area contributed by atoms with Crippen LogP contribution >= 0.6 is 0 Å². The number of hydrogen-bond donors (Lipinski definition) is 2. The zero-order valence-corrected chi connectivity index (χ0v) is 19.9. The van der Waals surface area contributed by atoms with Gasteiger partial charge in [0.25, 0.3) is 5.91 Å². The average molecular weight is 474 g/mol. The van der Waals surface area contributed by atoms with Crippen LogP contribution in [0.3, 0.4) is 0 Å². The van der Waals surface area contributed by atoms with Gasteiger partial charge in [-0.1, -0.05) is 24.3 Å². The van der Waals surface area contributed by atoms with E-state index in [1.165, 1.54) is 5.56 Å². The molecule has 0 aliphatic carbocycles. The fourth-order valence-electron chi connectivity index (χ4n) is 4.10. The van der Waals surface area contributed by atoms with E-state index in [1.807, 2.05) is 29.2 Å². The van der Waals surface area contributed by atoms with Crippen LogP contribution in [-0.4, -0.2) is 59.9 Å². The number of carbonyl (C=O) groups excluding carboxylic acids is 2. The summed E-state index contributed by atoms with van der Waals surface area (Å²) in [7, 11) is 1.66.